The fourth-order valence-electron chi connectivity index (χ4n) is 4.73. The van der Waals surface area contributed by atoms with E-state index in [-0.39, 0.29) is 24.2 Å². The summed E-state index contributed by atoms with van der Waals surface area (Å²) in [6.07, 6.45) is -2.01. The summed E-state index contributed by atoms with van der Waals surface area (Å²) in [7, 11) is -2.26. The lowest BCUT2D eigenvalue weighted by atomic mass is 9.66. The number of halogens is 1. The molecular weight excluding hydrogens is 532 g/mol. The van der Waals surface area contributed by atoms with Crippen LogP contribution in [-0.4, -0.2) is 55.5 Å². The van der Waals surface area contributed by atoms with E-state index in [2.05, 4.69) is 0 Å². The molecule has 38 heavy (non-hydrogen) atoms. The summed E-state index contributed by atoms with van der Waals surface area (Å²) in [6, 6.07) is 9.57. The molecule has 1 aromatic heterocycles. The molecule has 1 heterocycles. The van der Waals surface area contributed by atoms with Crippen LogP contribution in [0.3, 0.4) is 0 Å². The van der Waals surface area contributed by atoms with Gasteiger partial charge in [0.05, 0.1) is 24.2 Å². The number of rotatable bonds is 9. The first-order valence-corrected chi connectivity index (χ1v) is 16.4. The van der Waals surface area contributed by atoms with Crippen LogP contribution in [0.5, 0.6) is 0 Å². The number of hydrogen-bond acceptors (Lipinski definition) is 9. The molecule has 0 saturated heterocycles. The van der Waals surface area contributed by atoms with Gasteiger partial charge in [0.2, 0.25) is 6.10 Å². The van der Waals surface area contributed by atoms with Crippen LogP contribution in [0.2, 0.25) is 19.6 Å². The number of aliphatic hydroxyl groups is 1. The van der Waals surface area contributed by atoms with E-state index in [1.165, 1.54) is 12.3 Å². The number of benzene rings is 1. The number of carbonyl (C=O) groups is 4. The minimum absolute atomic E-state index is 0.0259. The lowest BCUT2D eigenvalue weighted by molar-refractivity contribution is -0.206. The molecule has 2 aromatic rings. The van der Waals surface area contributed by atoms with E-state index >= 15 is 0 Å². The van der Waals surface area contributed by atoms with Crippen LogP contribution >= 0.6 is 11.6 Å². The average Bonchev–Trinajstić information content (AvgIpc) is 3.39. The molecule has 1 aliphatic carbocycles. The third kappa shape index (κ3) is 5.87. The molecule has 0 bridgehead atoms. The lowest BCUT2D eigenvalue weighted by Gasteiger charge is -2.45. The zero-order valence-electron chi connectivity index (χ0n) is 22.1. The monoisotopic (exact) mass is 564 g/mol. The molecule has 0 radical (unpaired) electrons. The summed E-state index contributed by atoms with van der Waals surface area (Å²) < 4.78 is 22.0. The molecule has 1 aliphatic rings. The molecule has 0 aliphatic heterocycles. The maximum Gasteiger partial charge on any atom is 0.353 e. The second-order valence-electron chi connectivity index (χ2n) is 10.3. The van der Waals surface area contributed by atoms with Gasteiger partial charge in [-0.2, -0.15) is 0 Å². The Hall–Kier alpha value is -2.95. The molecule has 9 nitrogen and oxygen atoms in total. The van der Waals surface area contributed by atoms with Crippen molar-refractivity contribution in [2.75, 3.05) is 12.5 Å². The number of Topliss-reactive ketones (excluding diaryl/α,β-unsaturated/α-hetero) is 1. The van der Waals surface area contributed by atoms with Gasteiger partial charge in [-0.15, -0.1) is 11.6 Å². The van der Waals surface area contributed by atoms with Crippen molar-refractivity contribution in [2.45, 2.75) is 57.7 Å². The lowest BCUT2D eigenvalue weighted by Crippen LogP contribution is -2.62. The Morgan fingerprint density at radius 2 is 1.84 bits per heavy atom. The number of ether oxygens (including phenoxy) is 3. The van der Waals surface area contributed by atoms with Crippen molar-refractivity contribution < 1.29 is 42.9 Å². The maximum atomic E-state index is 13.6. The van der Waals surface area contributed by atoms with Crippen LogP contribution in [0.15, 0.2) is 47.1 Å². The van der Waals surface area contributed by atoms with Gasteiger partial charge in [0, 0.05) is 17.0 Å². The van der Waals surface area contributed by atoms with Gasteiger partial charge in [0.1, 0.15) is 19.6 Å². The smallest absolute Gasteiger partial charge is 0.353 e. The van der Waals surface area contributed by atoms with Crippen molar-refractivity contribution >= 4 is 48.7 Å². The van der Waals surface area contributed by atoms with Crippen LogP contribution in [0, 0.1) is 11.8 Å². The summed E-state index contributed by atoms with van der Waals surface area (Å²) in [5.74, 6) is -5.78. The normalized spacial score (nSPS) is 24.4. The maximum absolute atomic E-state index is 13.6. The Balaban J connectivity index is 2.14. The summed E-state index contributed by atoms with van der Waals surface area (Å²) in [5, 5.41) is 12.8. The quantitative estimate of drug-likeness (QED) is 0.211. The highest BCUT2D eigenvalue weighted by Crippen LogP contribution is 2.45. The number of esters is 3. The first-order valence-electron chi connectivity index (χ1n) is 12.4. The molecule has 1 aromatic carbocycles. The first kappa shape index (κ1) is 29.6. The number of furan rings is 1. The largest absolute Gasteiger partial charge is 0.474 e. The van der Waals surface area contributed by atoms with Crippen LogP contribution < -0.4 is 5.38 Å². The molecule has 1 saturated carbocycles. The van der Waals surface area contributed by atoms with Crippen LogP contribution in [0.25, 0.3) is 0 Å². The predicted octanol–water partition coefficient (Wildman–Crippen LogP) is 3.24. The molecule has 0 spiro atoms. The van der Waals surface area contributed by atoms with E-state index in [0.29, 0.717) is 5.38 Å². The van der Waals surface area contributed by atoms with E-state index in [1.807, 2.05) is 19.6 Å². The van der Waals surface area contributed by atoms with Gasteiger partial charge in [0.25, 0.3) is 0 Å². The molecule has 5 atom stereocenters. The molecule has 0 amide bonds. The summed E-state index contributed by atoms with van der Waals surface area (Å²) in [5.41, 5.74) is -1.81. The van der Waals surface area contributed by atoms with Gasteiger partial charge >= 0.3 is 17.9 Å². The van der Waals surface area contributed by atoms with Gasteiger partial charge in [-0.1, -0.05) is 56.9 Å². The fourth-order valence-corrected chi connectivity index (χ4v) is 6.31. The van der Waals surface area contributed by atoms with Gasteiger partial charge in [-0.05, 0) is 19.4 Å². The van der Waals surface area contributed by atoms with Crippen molar-refractivity contribution in [3.05, 3.63) is 53.8 Å². The van der Waals surface area contributed by atoms with E-state index < -0.39 is 67.3 Å². The minimum Gasteiger partial charge on any atom is -0.474 e. The van der Waals surface area contributed by atoms with Crippen molar-refractivity contribution in [1.82, 2.24) is 0 Å². The molecule has 1 N–H and O–H groups in total. The molecule has 1 fully saturated rings. The molecule has 0 unspecified atom stereocenters. The van der Waals surface area contributed by atoms with Crippen LogP contribution in [0.4, 0.5) is 0 Å². The highest BCUT2D eigenvalue weighted by molar-refractivity contribution is 6.88. The molecule has 206 valence electrons. The van der Waals surface area contributed by atoms with Gasteiger partial charge in [-0.3, -0.25) is 14.4 Å². The second kappa shape index (κ2) is 11.8. The SMILES string of the molecule is CCOC(=O)[C@@H]1C[C@H](C)C(=O)[C@H](OC(=O)[C@@H](OC(=O)CCl)c2ccccc2)[C@@]1(O)c1ccoc1[Si](C)(C)C. The molecule has 11 heteroatoms. The fraction of sp³-hybridized carbons (Fsp3) is 0.481. The van der Waals surface area contributed by atoms with Gasteiger partial charge < -0.3 is 23.7 Å². The first-order chi connectivity index (χ1) is 17.9. The highest BCUT2D eigenvalue weighted by Gasteiger charge is 2.61. The zero-order valence-corrected chi connectivity index (χ0v) is 23.8. The third-order valence-corrected chi connectivity index (χ3v) is 8.49. The van der Waals surface area contributed by atoms with Crippen molar-refractivity contribution in [2.24, 2.45) is 11.8 Å². The van der Waals surface area contributed by atoms with Crippen molar-refractivity contribution in [3.8, 4) is 0 Å². The Morgan fingerprint density at radius 1 is 1.18 bits per heavy atom. The molecule has 3 rings (SSSR count). The zero-order chi connectivity index (χ0) is 28.3. The van der Waals surface area contributed by atoms with E-state index in [4.69, 9.17) is 30.2 Å². The standard InChI is InChI=1S/C27H33ClO9Si/c1-6-34-24(31)19-14-16(2)21(30)23(27(19,33)18-12-13-35-26(18)38(3,4)5)37-25(32)22(36-20(29)15-28)17-10-8-7-9-11-17/h7-13,16,19,22-23,33H,6,14-15H2,1-5H3/t16-,19-,22-,23-,27+/m0/s1. The van der Waals surface area contributed by atoms with Gasteiger partial charge in [0.15, 0.2) is 11.9 Å². The Bertz CT molecular complexity index is 1170. The summed E-state index contributed by atoms with van der Waals surface area (Å²) in [6.45, 7) is 9.20. The average molecular weight is 565 g/mol. The summed E-state index contributed by atoms with van der Waals surface area (Å²) in [4.78, 5) is 52.3. The van der Waals surface area contributed by atoms with Crippen molar-refractivity contribution in [1.29, 1.82) is 0 Å². The Labute approximate surface area is 227 Å². The van der Waals surface area contributed by atoms with Gasteiger partial charge in [-0.25, -0.2) is 4.79 Å². The second-order valence-corrected chi connectivity index (χ2v) is 15.5. The summed E-state index contributed by atoms with van der Waals surface area (Å²) >= 11 is 5.60. The number of carbonyl (C=O) groups excluding carboxylic acids is 4. The van der Waals surface area contributed by atoms with Crippen LogP contribution in [0.1, 0.15) is 37.5 Å². The van der Waals surface area contributed by atoms with Crippen LogP contribution in [-0.2, 0) is 39.0 Å². The topological polar surface area (TPSA) is 129 Å². The predicted molar refractivity (Wildman–Crippen MR) is 140 cm³/mol. The number of hydrogen-bond donors (Lipinski definition) is 1. The Kier molecular flexibility index (Phi) is 9.22. The number of alkyl halides is 1. The van der Waals surface area contributed by atoms with E-state index in [1.54, 1.807) is 44.2 Å². The minimum atomic E-state index is -2.29. The van der Waals surface area contributed by atoms with E-state index in [9.17, 15) is 24.3 Å². The highest BCUT2D eigenvalue weighted by atomic mass is 35.5. The Morgan fingerprint density at radius 3 is 2.42 bits per heavy atom. The van der Waals surface area contributed by atoms with Crippen molar-refractivity contribution in [3.63, 3.8) is 0 Å². The number of ketones is 1. The van der Waals surface area contributed by atoms with E-state index in [0.717, 1.165) is 0 Å². The molecular formula is C27H33ClO9Si. The third-order valence-electron chi connectivity index (χ3n) is 6.52.